The van der Waals surface area contributed by atoms with Crippen LogP contribution in [-0.4, -0.2) is 16.9 Å². The van der Waals surface area contributed by atoms with Gasteiger partial charge in [0.05, 0.1) is 7.11 Å². The molecule has 0 aliphatic rings. The van der Waals surface area contributed by atoms with Crippen molar-refractivity contribution in [2.45, 2.75) is 5.66 Å². The molecule has 0 bridgehead atoms. The van der Waals surface area contributed by atoms with E-state index in [1.54, 1.807) is 24.3 Å². The summed E-state index contributed by atoms with van der Waals surface area (Å²) in [5.41, 5.74) is -3.47. The standard InChI is InChI=1S/C14H13F2O4P/c1-20-13-8-4-11(5-9-13)10-2-6-12(7-3-10)14(15,16)21(17,18)19/h2-9H,1H3,(H2,17,18,19). The average Bonchev–Trinajstić information content (AvgIpc) is 2.46. The van der Waals surface area contributed by atoms with Gasteiger partial charge in [-0.3, -0.25) is 4.57 Å². The molecule has 0 fully saturated rings. The molecule has 0 saturated carbocycles. The van der Waals surface area contributed by atoms with Gasteiger partial charge >= 0.3 is 13.3 Å². The molecule has 0 aliphatic carbocycles. The molecule has 0 radical (unpaired) electrons. The van der Waals surface area contributed by atoms with Gasteiger partial charge in [0.15, 0.2) is 0 Å². The number of rotatable bonds is 4. The summed E-state index contributed by atoms with van der Waals surface area (Å²) in [4.78, 5) is 17.4. The summed E-state index contributed by atoms with van der Waals surface area (Å²) in [5, 5.41) is 0. The maximum absolute atomic E-state index is 13.5. The number of hydrogen-bond donors (Lipinski definition) is 2. The number of alkyl halides is 2. The average molecular weight is 314 g/mol. The monoisotopic (exact) mass is 314 g/mol. The van der Waals surface area contributed by atoms with Crippen molar-refractivity contribution in [1.29, 1.82) is 0 Å². The maximum atomic E-state index is 13.5. The van der Waals surface area contributed by atoms with Gasteiger partial charge < -0.3 is 14.5 Å². The molecule has 0 aliphatic heterocycles. The van der Waals surface area contributed by atoms with Gasteiger partial charge in [-0.15, -0.1) is 0 Å². The van der Waals surface area contributed by atoms with Crippen LogP contribution in [0.3, 0.4) is 0 Å². The topological polar surface area (TPSA) is 66.8 Å². The molecular formula is C14H13F2O4P. The number of benzene rings is 2. The quantitative estimate of drug-likeness (QED) is 0.846. The lowest BCUT2D eigenvalue weighted by molar-refractivity contribution is 0.0564. The van der Waals surface area contributed by atoms with Gasteiger partial charge in [-0.1, -0.05) is 36.4 Å². The molecule has 0 unspecified atom stereocenters. The van der Waals surface area contributed by atoms with Crippen LogP contribution in [-0.2, 0) is 10.2 Å². The zero-order valence-electron chi connectivity index (χ0n) is 11.0. The normalized spacial score (nSPS) is 12.2. The van der Waals surface area contributed by atoms with Gasteiger partial charge in [-0.05, 0) is 23.3 Å². The van der Waals surface area contributed by atoms with Crippen molar-refractivity contribution in [1.82, 2.24) is 0 Å². The van der Waals surface area contributed by atoms with Crippen molar-refractivity contribution in [3.8, 4) is 16.9 Å². The fourth-order valence-electron chi connectivity index (χ4n) is 1.81. The Morgan fingerprint density at radius 1 is 0.952 bits per heavy atom. The first-order valence-electron chi connectivity index (χ1n) is 5.94. The summed E-state index contributed by atoms with van der Waals surface area (Å²) in [6, 6.07) is 11.8. The first-order chi connectivity index (χ1) is 9.75. The van der Waals surface area contributed by atoms with E-state index in [0.717, 1.165) is 17.7 Å². The summed E-state index contributed by atoms with van der Waals surface area (Å²) in [5.74, 6) is 0.670. The van der Waals surface area contributed by atoms with Crippen LogP contribution < -0.4 is 4.74 Å². The molecule has 0 spiro atoms. The molecule has 2 aromatic carbocycles. The van der Waals surface area contributed by atoms with E-state index in [2.05, 4.69) is 0 Å². The lowest BCUT2D eigenvalue weighted by atomic mass is 10.0. The highest BCUT2D eigenvalue weighted by atomic mass is 31.2. The largest absolute Gasteiger partial charge is 0.497 e. The van der Waals surface area contributed by atoms with Crippen molar-refractivity contribution in [3.63, 3.8) is 0 Å². The Labute approximate surface area is 120 Å². The second-order valence-electron chi connectivity index (χ2n) is 4.39. The van der Waals surface area contributed by atoms with Crippen LogP contribution in [0.25, 0.3) is 11.1 Å². The number of methoxy groups -OCH3 is 1. The van der Waals surface area contributed by atoms with Crippen LogP contribution >= 0.6 is 7.60 Å². The maximum Gasteiger partial charge on any atom is 0.399 e. The van der Waals surface area contributed by atoms with Gasteiger partial charge in [0.25, 0.3) is 0 Å². The van der Waals surface area contributed by atoms with Gasteiger partial charge in [0, 0.05) is 5.56 Å². The smallest absolute Gasteiger partial charge is 0.399 e. The van der Waals surface area contributed by atoms with Crippen molar-refractivity contribution in [2.75, 3.05) is 7.11 Å². The minimum Gasteiger partial charge on any atom is -0.497 e. The minimum absolute atomic E-state index is 0.655. The van der Waals surface area contributed by atoms with Crippen LogP contribution in [0.4, 0.5) is 8.78 Å². The Kier molecular flexibility index (Phi) is 4.14. The van der Waals surface area contributed by atoms with Crippen LogP contribution in [0, 0.1) is 0 Å². The second kappa shape index (κ2) is 5.56. The van der Waals surface area contributed by atoms with Crippen LogP contribution in [0.15, 0.2) is 48.5 Å². The van der Waals surface area contributed by atoms with Crippen molar-refractivity contribution >= 4 is 7.60 Å². The number of ether oxygens (including phenoxy) is 1. The first-order valence-corrected chi connectivity index (χ1v) is 7.55. The molecule has 2 N–H and O–H groups in total. The van der Waals surface area contributed by atoms with Gasteiger partial charge in [-0.25, -0.2) is 0 Å². The van der Waals surface area contributed by atoms with E-state index in [-0.39, 0.29) is 0 Å². The molecule has 0 atom stereocenters. The zero-order chi connectivity index (χ0) is 15.7. The predicted molar refractivity (Wildman–Crippen MR) is 74.4 cm³/mol. The molecular weight excluding hydrogens is 301 g/mol. The fraction of sp³-hybridized carbons (Fsp3) is 0.143. The van der Waals surface area contributed by atoms with Gasteiger partial charge in [0.1, 0.15) is 5.75 Å². The van der Waals surface area contributed by atoms with Gasteiger partial charge in [0.2, 0.25) is 0 Å². The third kappa shape index (κ3) is 3.13. The Hall–Kier alpha value is -1.75. The van der Waals surface area contributed by atoms with Crippen molar-refractivity contribution < 1.29 is 27.9 Å². The fourth-order valence-corrected chi connectivity index (χ4v) is 2.30. The van der Waals surface area contributed by atoms with Crippen LogP contribution in [0.2, 0.25) is 0 Å². The van der Waals surface area contributed by atoms with E-state index >= 15 is 0 Å². The Bertz CT molecular complexity index is 662. The summed E-state index contributed by atoms with van der Waals surface area (Å²) in [6.45, 7) is 0. The first kappa shape index (κ1) is 15.6. The highest BCUT2D eigenvalue weighted by molar-refractivity contribution is 7.52. The van der Waals surface area contributed by atoms with Crippen molar-refractivity contribution in [3.05, 3.63) is 54.1 Å². The molecule has 0 heterocycles. The van der Waals surface area contributed by atoms with E-state index in [1.165, 1.54) is 19.2 Å². The molecule has 0 amide bonds. The molecule has 112 valence electrons. The van der Waals surface area contributed by atoms with E-state index in [0.29, 0.717) is 11.3 Å². The molecule has 0 saturated heterocycles. The van der Waals surface area contributed by atoms with E-state index < -0.39 is 18.8 Å². The lowest BCUT2D eigenvalue weighted by Crippen LogP contribution is -2.13. The molecule has 7 heteroatoms. The van der Waals surface area contributed by atoms with Crippen molar-refractivity contribution in [2.24, 2.45) is 0 Å². The predicted octanol–water partition coefficient (Wildman–Crippen LogP) is 3.59. The Morgan fingerprint density at radius 3 is 1.76 bits per heavy atom. The second-order valence-corrected chi connectivity index (χ2v) is 6.04. The summed E-state index contributed by atoms with van der Waals surface area (Å²) < 4.78 is 42.9. The van der Waals surface area contributed by atoms with E-state index in [9.17, 15) is 13.3 Å². The number of halogens is 2. The van der Waals surface area contributed by atoms with Gasteiger partial charge in [-0.2, -0.15) is 8.78 Å². The molecule has 2 rings (SSSR count). The molecule has 0 aromatic heterocycles. The summed E-state index contributed by atoms with van der Waals surface area (Å²) in [7, 11) is -4.00. The highest BCUT2D eigenvalue weighted by Gasteiger charge is 2.50. The third-order valence-corrected chi connectivity index (χ3v) is 4.01. The van der Waals surface area contributed by atoms with E-state index in [1.807, 2.05) is 0 Å². The SMILES string of the molecule is COc1ccc(-c2ccc(C(F)(F)P(=O)(O)O)cc2)cc1. The third-order valence-electron chi connectivity index (χ3n) is 3.02. The van der Waals surface area contributed by atoms with Crippen LogP contribution in [0.1, 0.15) is 5.56 Å². The summed E-state index contributed by atoms with van der Waals surface area (Å²) >= 11 is 0. The van der Waals surface area contributed by atoms with E-state index in [4.69, 9.17) is 14.5 Å². The number of hydrogen-bond acceptors (Lipinski definition) is 2. The highest BCUT2D eigenvalue weighted by Crippen LogP contribution is 2.59. The zero-order valence-corrected chi connectivity index (χ0v) is 11.9. The molecule has 4 nitrogen and oxygen atoms in total. The minimum atomic E-state index is -5.54. The molecule has 2 aromatic rings. The molecule has 21 heavy (non-hydrogen) atoms. The summed E-state index contributed by atoms with van der Waals surface area (Å²) in [6.07, 6.45) is 0. The Balaban J connectivity index is 2.32. The lowest BCUT2D eigenvalue weighted by Gasteiger charge is -2.18. The Morgan fingerprint density at radius 2 is 1.38 bits per heavy atom. The van der Waals surface area contributed by atoms with Crippen LogP contribution in [0.5, 0.6) is 5.75 Å².